The highest BCUT2D eigenvalue weighted by Crippen LogP contribution is 2.15. The largest absolute Gasteiger partial charge is 0.341 e. The number of nitrogens with one attached hydrogen (secondary N) is 1. The summed E-state index contributed by atoms with van der Waals surface area (Å²) in [5.74, 6) is 1.94. The first-order chi connectivity index (χ1) is 14.5. The van der Waals surface area contributed by atoms with E-state index in [0.717, 1.165) is 36.6 Å². The number of thioether (sulfide) groups is 1. The van der Waals surface area contributed by atoms with Crippen LogP contribution in [0.15, 0.2) is 48.5 Å². The molecular formula is C24H28N2O3S. The Morgan fingerprint density at radius 2 is 1.53 bits per heavy atom. The lowest BCUT2D eigenvalue weighted by Crippen LogP contribution is -2.38. The number of Topliss-reactive ketones (excluding diaryl/α,β-unsaturated/α-hetero) is 1. The monoisotopic (exact) mass is 424 g/mol. The van der Waals surface area contributed by atoms with Gasteiger partial charge in [0.25, 0.3) is 0 Å². The summed E-state index contributed by atoms with van der Waals surface area (Å²) in [4.78, 5) is 38.7. The first-order valence-corrected chi connectivity index (χ1v) is 11.6. The second kappa shape index (κ2) is 11.0. The molecule has 30 heavy (non-hydrogen) atoms. The van der Waals surface area contributed by atoms with E-state index < -0.39 is 0 Å². The molecule has 0 saturated carbocycles. The van der Waals surface area contributed by atoms with Crippen LogP contribution in [0.1, 0.15) is 41.3 Å². The maximum Gasteiger partial charge on any atom is 0.227 e. The van der Waals surface area contributed by atoms with E-state index in [1.165, 1.54) is 5.56 Å². The second-order valence-electron chi connectivity index (χ2n) is 7.39. The zero-order chi connectivity index (χ0) is 21.3. The number of benzene rings is 2. The Morgan fingerprint density at radius 3 is 2.17 bits per heavy atom. The fourth-order valence-electron chi connectivity index (χ4n) is 3.33. The molecule has 0 spiro atoms. The number of ketones is 1. The fraction of sp³-hybridized carbons (Fsp3) is 0.375. The Balaban J connectivity index is 1.44. The quantitative estimate of drug-likeness (QED) is 0.651. The number of carbonyl (C=O) groups is 3. The average molecular weight is 425 g/mol. The Labute approximate surface area is 182 Å². The molecule has 1 aliphatic rings. The van der Waals surface area contributed by atoms with Gasteiger partial charge < -0.3 is 10.2 Å². The Kier molecular flexibility index (Phi) is 8.08. The molecule has 1 N–H and O–H groups in total. The Bertz CT molecular complexity index is 872. The third kappa shape index (κ3) is 6.46. The molecule has 2 aromatic rings. The molecule has 0 aliphatic carbocycles. The summed E-state index contributed by atoms with van der Waals surface area (Å²) in [5.41, 5.74) is 3.43. The van der Waals surface area contributed by atoms with E-state index in [4.69, 9.17) is 0 Å². The van der Waals surface area contributed by atoms with Crippen molar-refractivity contribution in [3.63, 3.8) is 0 Å². The predicted molar refractivity (Wildman–Crippen MR) is 122 cm³/mol. The van der Waals surface area contributed by atoms with Crippen molar-refractivity contribution in [1.82, 2.24) is 4.90 Å². The highest BCUT2D eigenvalue weighted by Gasteiger charge is 2.17. The maximum absolute atomic E-state index is 12.3. The van der Waals surface area contributed by atoms with Crippen LogP contribution in [0, 0.1) is 0 Å². The molecule has 1 fully saturated rings. The van der Waals surface area contributed by atoms with Crippen LogP contribution in [0.5, 0.6) is 0 Å². The summed E-state index contributed by atoms with van der Waals surface area (Å²) in [6.07, 6.45) is 1.63. The first kappa shape index (κ1) is 22.1. The lowest BCUT2D eigenvalue weighted by molar-refractivity contribution is -0.130. The second-order valence-corrected chi connectivity index (χ2v) is 8.61. The van der Waals surface area contributed by atoms with Gasteiger partial charge in [-0.05, 0) is 29.7 Å². The molecule has 6 heteroatoms. The minimum atomic E-state index is -0.192. The van der Waals surface area contributed by atoms with Crippen molar-refractivity contribution in [3.05, 3.63) is 65.2 Å². The van der Waals surface area contributed by atoms with Crippen LogP contribution in [0.4, 0.5) is 5.69 Å². The van der Waals surface area contributed by atoms with E-state index in [1.54, 1.807) is 12.1 Å². The van der Waals surface area contributed by atoms with E-state index in [2.05, 4.69) is 12.2 Å². The number of hydrogen-bond acceptors (Lipinski definition) is 4. The van der Waals surface area contributed by atoms with E-state index in [0.29, 0.717) is 17.7 Å². The highest BCUT2D eigenvalue weighted by molar-refractivity contribution is 7.99. The highest BCUT2D eigenvalue weighted by atomic mass is 32.2. The summed E-state index contributed by atoms with van der Waals surface area (Å²) in [6, 6.07) is 14.9. The van der Waals surface area contributed by atoms with Gasteiger partial charge in [-0.1, -0.05) is 43.3 Å². The Morgan fingerprint density at radius 1 is 0.900 bits per heavy atom. The fourth-order valence-corrected chi connectivity index (χ4v) is 4.23. The van der Waals surface area contributed by atoms with Crippen molar-refractivity contribution in [3.8, 4) is 0 Å². The minimum absolute atomic E-state index is 0.0298. The van der Waals surface area contributed by atoms with Crippen LogP contribution in [0.2, 0.25) is 0 Å². The van der Waals surface area contributed by atoms with Crippen molar-refractivity contribution >= 4 is 35.0 Å². The van der Waals surface area contributed by atoms with Gasteiger partial charge in [0, 0.05) is 48.7 Å². The Hall–Kier alpha value is -2.60. The van der Waals surface area contributed by atoms with Crippen molar-refractivity contribution in [2.45, 2.75) is 32.6 Å². The van der Waals surface area contributed by atoms with E-state index in [9.17, 15) is 14.4 Å². The maximum atomic E-state index is 12.3. The molecule has 0 aromatic heterocycles. The third-order valence-electron chi connectivity index (χ3n) is 5.22. The molecule has 158 valence electrons. The molecule has 0 atom stereocenters. The van der Waals surface area contributed by atoms with Gasteiger partial charge in [0.05, 0.1) is 6.42 Å². The van der Waals surface area contributed by atoms with Gasteiger partial charge in [-0.25, -0.2) is 0 Å². The normalized spacial score (nSPS) is 13.7. The zero-order valence-corrected chi connectivity index (χ0v) is 18.2. The molecule has 0 bridgehead atoms. The number of amides is 2. The molecular weight excluding hydrogens is 396 g/mol. The van der Waals surface area contributed by atoms with Crippen LogP contribution in [-0.2, 0) is 22.4 Å². The molecule has 1 saturated heterocycles. The predicted octanol–water partition coefficient (Wildman–Crippen LogP) is 3.97. The van der Waals surface area contributed by atoms with Gasteiger partial charge in [0.2, 0.25) is 11.8 Å². The van der Waals surface area contributed by atoms with Gasteiger partial charge in [-0.3, -0.25) is 14.4 Å². The van der Waals surface area contributed by atoms with Crippen LogP contribution in [0.25, 0.3) is 0 Å². The van der Waals surface area contributed by atoms with E-state index >= 15 is 0 Å². The van der Waals surface area contributed by atoms with E-state index in [1.807, 2.05) is 53.1 Å². The average Bonchev–Trinajstić information content (AvgIpc) is 2.79. The van der Waals surface area contributed by atoms with Crippen LogP contribution >= 0.6 is 11.8 Å². The molecule has 1 heterocycles. The number of anilines is 1. The van der Waals surface area contributed by atoms with Crippen molar-refractivity contribution in [2.24, 2.45) is 0 Å². The summed E-state index contributed by atoms with van der Waals surface area (Å²) in [5, 5.41) is 2.82. The van der Waals surface area contributed by atoms with Gasteiger partial charge in [0.1, 0.15) is 0 Å². The number of hydrogen-bond donors (Lipinski definition) is 1. The molecule has 5 nitrogen and oxygen atoms in total. The molecule has 1 aliphatic heterocycles. The molecule has 2 amide bonds. The van der Waals surface area contributed by atoms with Gasteiger partial charge in [0.15, 0.2) is 5.78 Å². The van der Waals surface area contributed by atoms with Crippen molar-refractivity contribution in [1.29, 1.82) is 0 Å². The summed E-state index contributed by atoms with van der Waals surface area (Å²) >= 11 is 1.88. The SMILES string of the molecule is CCc1ccc(C(=O)CCC(=O)Nc2ccc(CC(=O)N3CCSCC3)cc2)cc1. The topological polar surface area (TPSA) is 66.5 Å². The number of carbonyl (C=O) groups excluding carboxylic acids is 3. The van der Waals surface area contributed by atoms with Crippen molar-refractivity contribution < 1.29 is 14.4 Å². The summed E-state index contributed by atoms with van der Waals surface area (Å²) < 4.78 is 0. The first-order valence-electron chi connectivity index (χ1n) is 10.4. The van der Waals surface area contributed by atoms with Crippen LogP contribution in [-0.4, -0.2) is 47.1 Å². The van der Waals surface area contributed by atoms with Crippen LogP contribution in [0.3, 0.4) is 0 Å². The molecule has 0 radical (unpaired) electrons. The van der Waals surface area contributed by atoms with Gasteiger partial charge in [-0.2, -0.15) is 11.8 Å². The number of aryl methyl sites for hydroxylation is 1. The zero-order valence-electron chi connectivity index (χ0n) is 17.4. The minimum Gasteiger partial charge on any atom is -0.341 e. The molecule has 3 rings (SSSR count). The van der Waals surface area contributed by atoms with Gasteiger partial charge in [-0.15, -0.1) is 0 Å². The number of rotatable bonds is 8. The smallest absolute Gasteiger partial charge is 0.227 e. The van der Waals surface area contributed by atoms with Gasteiger partial charge >= 0.3 is 0 Å². The lowest BCUT2D eigenvalue weighted by Gasteiger charge is -2.26. The van der Waals surface area contributed by atoms with Crippen molar-refractivity contribution in [2.75, 3.05) is 29.9 Å². The number of nitrogens with zero attached hydrogens (tertiary/aromatic N) is 1. The molecule has 2 aromatic carbocycles. The molecule has 0 unspecified atom stereocenters. The summed E-state index contributed by atoms with van der Waals surface area (Å²) in [7, 11) is 0. The van der Waals surface area contributed by atoms with E-state index in [-0.39, 0.29) is 30.4 Å². The third-order valence-corrected chi connectivity index (χ3v) is 6.16. The standard InChI is InChI=1S/C24H28N2O3S/c1-2-18-3-7-20(8-4-18)22(27)11-12-23(28)25-21-9-5-19(6-10-21)17-24(29)26-13-15-30-16-14-26/h3-10H,2,11-17H2,1H3,(H,25,28). The summed E-state index contributed by atoms with van der Waals surface area (Å²) in [6.45, 7) is 3.71. The van der Waals surface area contributed by atoms with Crippen LogP contribution < -0.4 is 5.32 Å². The lowest BCUT2D eigenvalue weighted by atomic mass is 10.0.